The molecule has 0 unspecified atom stereocenters. The maximum atomic E-state index is 13.1. The van der Waals surface area contributed by atoms with Gasteiger partial charge in [-0.3, -0.25) is 9.78 Å². The number of aromatic nitrogens is 5. The van der Waals surface area contributed by atoms with E-state index in [0.29, 0.717) is 11.6 Å². The minimum Gasteiger partial charge on any atom is -0.319 e. The number of carbonyl (C=O) groups is 1. The van der Waals surface area contributed by atoms with Gasteiger partial charge in [-0.1, -0.05) is 0 Å². The van der Waals surface area contributed by atoms with Crippen molar-refractivity contribution >= 4 is 11.6 Å². The molecule has 0 aromatic carbocycles. The molecule has 0 aliphatic heterocycles. The first-order chi connectivity index (χ1) is 11.5. The first-order valence-electron chi connectivity index (χ1n) is 7.23. The maximum absolute atomic E-state index is 13.1. The molecule has 0 bridgehead atoms. The van der Waals surface area contributed by atoms with Gasteiger partial charge < -0.3 is 5.32 Å². The van der Waals surface area contributed by atoms with Crippen molar-refractivity contribution in [2.75, 3.05) is 5.32 Å². The summed E-state index contributed by atoms with van der Waals surface area (Å²) in [5.41, 5.74) is 3.45. The standard InChI is InChI=1S/C16H15FN6O/c1-9-10(2)22-23(11(9)3)16-19-7-14(8-20-16)21-15(24)12-4-13(17)6-18-5-12/h4-8H,1-3H3,(H,21,24). The summed E-state index contributed by atoms with van der Waals surface area (Å²) in [4.78, 5) is 24.1. The average Bonchev–Trinajstić information content (AvgIpc) is 2.83. The number of anilines is 1. The van der Waals surface area contributed by atoms with Crippen LogP contribution >= 0.6 is 0 Å². The van der Waals surface area contributed by atoms with Crippen LogP contribution in [0.25, 0.3) is 5.95 Å². The molecule has 0 atom stereocenters. The molecule has 3 aromatic heterocycles. The molecule has 1 N–H and O–H groups in total. The summed E-state index contributed by atoms with van der Waals surface area (Å²) < 4.78 is 14.7. The average molecular weight is 326 g/mol. The Hall–Kier alpha value is -3.16. The third kappa shape index (κ3) is 2.98. The summed E-state index contributed by atoms with van der Waals surface area (Å²) >= 11 is 0. The van der Waals surface area contributed by atoms with Crippen LogP contribution in [0.3, 0.4) is 0 Å². The van der Waals surface area contributed by atoms with E-state index < -0.39 is 11.7 Å². The molecule has 0 spiro atoms. The number of nitrogens with zero attached hydrogens (tertiary/aromatic N) is 5. The first-order valence-corrected chi connectivity index (χ1v) is 7.23. The molecule has 0 radical (unpaired) electrons. The second-order valence-corrected chi connectivity index (χ2v) is 5.33. The maximum Gasteiger partial charge on any atom is 0.257 e. The topological polar surface area (TPSA) is 85.6 Å². The van der Waals surface area contributed by atoms with E-state index in [4.69, 9.17) is 0 Å². The molecule has 122 valence electrons. The molecule has 24 heavy (non-hydrogen) atoms. The van der Waals surface area contributed by atoms with Crippen LogP contribution in [0, 0.1) is 26.6 Å². The fourth-order valence-electron chi connectivity index (χ4n) is 2.15. The molecule has 0 fully saturated rings. The van der Waals surface area contributed by atoms with Gasteiger partial charge in [0.05, 0.1) is 35.5 Å². The Balaban J connectivity index is 1.80. The zero-order valence-electron chi connectivity index (χ0n) is 13.4. The van der Waals surface area contributed by atoms with Crippen molar-refractivity contribution in [2.24, 2.45) is 0 Å². The Morgan fingerprint density at radius 2 is 1.83 bits per heavy atom. The van der Waals surface area contributed by atoms with Gasteiger partial charge in [0.2, 0.25) is 0 Å². The van der Waals surface area contributed by atoms with Crippen LogP contribution in [0.4, 0.5) is 10.1 Å². The number of carbonyl (C=O) groups excluding carboxylic acids is 1. The van der Waals surface area contributed by atoms with Crippen molar-refractivity contribution in [1.29, 1.82) is 0 Å². The highest BCUT2D eigenvalue weighted by molar-refractivity contribution is 6.03. The van der Waals surface area contributed by atoms with Crippen molar-refractivity contribution in [2.45, 2.75) is 20.8 Å². The summed E-state index contributed by atoms with van der Waals surface area (Å²) in [6.07, 6.45) is 5.26. The second kappa shape index (κ2) is 6.15. The molecule has 0 aliphatic carbocycles. The summed E-state index contributed by atoms with van der Waals surface area (Å²) in [5, 5.41) is 6.98. The molecular weight excluding hydrogens is 311 g/mol. The van der Waals surface area contributed by atoms with Gasteiger partial charge in [0.1, 0.15) is 5.82 Å². The van der Waals surface area contributed by atoms with Gasteiger partial charge in [-0.2, -0.15) is 5.10 Å². The van der Waals surface area contributed by atoms with Crippen LogP contribution in [0.1, 0.15) is 27.3 Å². The molecule has 0 saturated carbocycles. The van der Waals surface area contributed by atoms with Crippen molar-refractivity contribution in [3.05, 3.63) is 59.2 Å². The van der Waals surface area contributed by atoms with Crippen molar-refractivity contribution in [1.82, 2.24) is 24.7 Å². The highest BCUT2D eigenvalue weighted by Crippen LogP contribution is 2.15. The van der Waals surface area contributed by atoms with Crippen LogP contribution in [0.5, 0.6) is 0 Å². The molecule has 3 heterocycles. The van der Waals surface area contributed by atoms with Crippen LogP contribution in [-0.4, -0.2) is 30.6 Å². The number of pyridine rings is 1. The monoisotopic (exact) mass is 326 g/mol. The number of hydrogen-bond acceptors (Lipinski definition) is 5. The second-order valence-electron chi connectivity index (χ2n) is 5.33. The largest absolute Gasteiger partial charge is 0.319 e. The summed E-state index contributed by atoms with van der Waals surface area (Å²) in [6.45, 7) is 5.83. The van der Waals surface area contributed by atoms with Gasteiger partial charge in [0.25, 0.3) is 11.9 Å². The Morgan fingerprint density at radius 1 is 1.12 bits per heavy atom. The number of nitrogens with one attached hydrogen (secondary N) is 1. The van der Waals surface area contributed by atoms with E-state index in [1.807, 2.05) is 20.8 Å². The zero-order valence-corrected chi connectivity index (χ0v) is 13.4. The fraction of sp³-hybridized carbons (Fsp3) is 0.188. The minimum atomic E-state index is -0.575. The Morgan fingerprint density at radius 3 is 2.42 bits per heavy atom. The van der Waals surface area contributed by atoms with E-state index in [2.05, 4.69) is 25.4 Å². The lowest BCUT2D eigenvalue weighted by atomic mass is 10.2. The molecule has 3 rings (SSSR count). The van der Waals surface area contributed by atoms with Gasteiger partial charge >= 0.3 is 0 Å². The summed E-state index contributed by atoms with van der Waals surface area (Å²) in [5.74, 6) is -0.649. The van der Waals surface area contributed by atoms with E-state index in [1.54, 1.807) is 4.68 Å². The number of aryl methyl sites for hydroxylation is 1. The van der Waals surface area contributed by atoms with Gasteiger partial charge in [-0.25, -0.2) is 19.0 Å². The van der Waals surface area contributed by atoms with Crippen LogP contribution in [-0.2, 0) is 0 Å². The van der Waals surface area contributed by atoms with Gasteiger partial charge in [-0.05, 0) is 32.4 Å². The van der Waals surface area contributed by atoms with Crippen LogP contribution in [0.2, 0.25) is 0 Å². The smallest absolute Gasteiger partial charge is 0.257 e. The Kier molecular flexibility index (Phi) is 4.03. The predicted octanol–water partition coefficient (Wildman–Crippen LogP) is 2.37. The SMILES string of the molecule is Cc1nn(-c2ncc(NC(=O)c3cncc(F)c3)cn2)c(C)c1C. The minimum absolute atomic E-state index is 0.119. The van der Waals surface area contributed by atoms with E-state index in [0.717, 1.165) is 29.2 Å². The Bertz CT molecular complexity index is 903. The molecule has 3 aromatic rings. The molecule has 8 heteroatoms. The van der Waals surface area contributed by atoms with E-state index in [-0.39, 0.29) is 5.56 Å². The fourth-order valence-corrected chi connectivity index (χ4v) is 2.15. The van der Waals surface area contributed by atoms with Crippen LogP contribution in [0.15, 0.2) is 30.9 Å². The first kappa shape index (κ1) is 15.7. The summed E-state index contributed by atoms with van der Waals surface area (Å²) in [6, 6.07) is 1.11. The van der Waals surface area contributed by atoms with Gasteiger partial charge in [-0.15, -0.1) is 0 Å². The number of rotatable bonds is 3. The third-order valence-electron chi connectivity index (χ3n) is 3.71. The lowest BCUT2D eigenvalue weighted by Crippen LogP contribution is -2.13. The predicted molar refractivity (Wildman–Crippen MR) is 85.5 cm³/mol. The van der Waals surface area contributed by atoms with Gasteiger partial charge in [0.15, 0.2) is 0 Å². The summed E-state index contributed by atoms with van der Waals surface area (Å²) in [7, 11) is 0. The molecule has 0 saturated heterocycles. The van der Waals surface area contributed by atoms with E-state index in [1.165, 1.54) is 18.6 Å². The highest BCUT2D eigenvalue weighted by Gasteiger charge is 2.12. The molecule has 1 amide bonds. The number of amides is 1. The van der Waals surface area contributed by atoms with Gasteiger partial charge in [0, 0.05) is 11.9 Å². The lowest BCUT2D eigenvalue weighted by Gasteiger charge is -2.06. The number of halogens is 1. The molecule has 7 nitrogen and oxygen atoms in total. The van der Waals surface area contributed by atoms with E-state index >= 15 is 0 Å². The lowest BCUT2D eigenvalue weighted by molar-refractivity contribution is 0.102. The van der Waals surface area contributed by atoms with Crippen molar-refractivity contribution in [3.8, 4) is 5.95 Å². The number of hydrogen-bond donors (Lipinski definition) is 1. The van der Waals surface area contributed by atoms with Crippen molar-refractivity contribution in [3.63, 3.8) is 0 Å². The quantitative estimate of drug-likeness (QED) is 0.798. The van der Waals surface area contributed by atoms with Crippen molar-refractivity contribution < 1.29 is 9.18 Å². The highest BCUT2D eigenvalue weighted by atomic mass is 19.1. The normalized spacial score (nSPS) is 10.7. The third-order valence-corrected chi connectivity index (χ3v) is 3.71. The molecular formula is C16H15FN6O. The Labute approximate surface area is 137 Å². The van der Waals surface area contributed by atoms with E-state index in [9.17, 15) is 9.18 Å². The van der Waals surface area contributed by atoms with Crippen LogP contribution < -0.4 is 5.32 Å². The molecule has 0 aliphatic rings. The zero-order chi connectivity index (χ0) is 17.3.